The third kappa shape index (κ3) is 4.62. The highest BCUT2D eigenvalue weighted by Crippen LogP contribution is 2.38. The van der Waals surface area contributed by atoms with Crippen LogP contribution in [0.15, 0.2) is 41.8 Å². The van der Waals surface area contributed by atoms with Crippen molar-refractivity contribution in [1.82, 2.24) is 4.98 Å². The SMILES string of the molecule is COc1cc(/C=C/C(=O)Nc2nc(-c3ccc4c(c3)OCCO4)cs2)cc(OC)c1OC. The lowest BCUT2D eigenvalue weighted by molar-refractivity contribution is -0.111. The number of amides is 1. The Morgan fingerprint density at radius 2 is 1.75 bits per heavy atom. The zero-order chi connectivity index (χ0) is 22.5. The van der Waals surface area contributed by atoms with Gasteiger partial charge in [-0.05, 0) is 42.0 Å². The molecule has 9 heteroatoms. The van der Waals surface area contributed by atoms with Crippen LogP contribution in [-0.2, 0) is 4.79 Å². The molecule has 1 aromatic heterocycles. The number of ether oxygens (including phenoxy) is 5. The predicted molar refractivity (Wildman–Crippen MR) is 122 cm³/mol. The number of anilines is 1. The van der Waals surface area contributed by atoms with Crippen molar-refractivity contribution < 1.29 is 28.5 Å². The average Bonchev–Trinajstić information content (AvgIpc) is 3.30. The molecule has 0 aliphatic carbocycles. The van der Waals surface area contributed by atoms with Gasteiger partial charge in [0.2, 0.25) is 11.7 Å². The highest BCUT2D eigenvalue weighted by atomic mass is 32.1. The number of hydrogen-bond donors (Lipinski definition) is 1. The number of methoxy groups -OCH3 is 3. The molecule has 1 aliphatic heterocycles. The van der Waals surface area contributed by atoms with Gasteiger partial charge in [0.1, 0.15) is 13.2 Å². The van der Waals surface area contributed by atoms with Crippen molar-refractivity contribution in [1.29, 1.82) is 0 Å². The standard InChI is InChI=1S/C23H22N2O6S/c1-27-19-10-14(11-20(28-2)22(19)29-3)4-7-21(26)25-23-24-16(13-32-23)15-5-6-17-18(12-15)31-9-8-30-17/h4-7,10-13H,8-9H2,1-3H3,(H,24,25,26)/b7-4+. The van der Waals surface area contributed by atoms with E-state index in [1.165, 1.54) is 24.5 Å². The molecule has 0 saturated carbocycles. The van der Waals surface area contributed by atoms with E-state index in [9.17, 15) is 4.79 Å². The maximum absolute atomic E-state index is 12.4. The molecule has 0 fully saturated rings. The number of nitrogens with one attached hydrogen (secondary N) is 1. The summed E-state index contributed by atoms with van der Waals surface area (Å²) in [6, 6.07) is 9.18. The second-order valence-electron chi connectivity index (χ2n) is 6.68. The number of nitrogens with zero attached hydrogens (tertiary/aromatic N) is 1. The summed E-state index contributed by atoms with van der Waals surface area (Å²) in [4.78, 5) is 16.9. The molecule has 1 N–H and O–H groups in total. The molecular weight excluding hydrogens is 432 g/mol. The van der Waals surface area contributed by atoms with Gasteiger partial charge in [0.25, 0.3) is 0 Å². The molecule has 0 saturated heterocycles. The number of benzene rings is 2. The highest BCUT2D eigenvalue weighted by Gasteiger charge is 2.15. The van der Waals surface area contributed by atoms with E-state index in [0.29, 0.717) is 41.3 Å². The molecule has 0 bridgehead atoms. The third-order valence-electron chi connectivity index (χ3n) is 4.69. The lowest BCUT2D eigenvalue weighted by atomic mass is 10.1. The minimum atomic E-state index is -0.304. The Hall–Kier alpha value is -3.72. The summed E-state index contributed by atoms with van der Waals surface area (Å²) in [5.41, 5.74) is 2.36. The van der Waals surface area contributed by atoms with E-state index in [0.717, 1.165) is 22.6 Å². The smallest absolute Gasteiger partial charge is 0.250 e. The Morgan fingerprint density at radius 1 is 1.03 bits per heavy atom. The summed E-state index contributed by atoms with van der Waals surface area (Å²) in [6.45, 7) is 1.07. The minimum absolute atomic E-state index is 0.304. The van der Waals surface area contributed by atoms with Gasteiger partial charge in [-0.25, -0.2) is 4.98 Å². The van der Waals surface area contributed by atoms with Crippen LogP contribution >= 0.6 is 11.3 Å². The number of carbonyl (C=O) groups excluding carboxylic acids is 1. The number of thiazole rings is 1. The number of rotatable bonds is 7. The van der Waals surface area contributed by atoms with Gasteiger partial charge in [-0.2, -0.15) is 0 Å². The first-order chi connectivity index (χ1) is 15.6. The van der Waals surface area contributed by atoms with Crippen molar-refractivity contribution in [2.75, 3.05) is 39.9 Å². The molecule has 0 atom stereocenters. The molecule has 3 aromatic rings. The van der Waals surface area contributed by atoms with Crippen LogP contribution in [0, 0.1) is 0 Å². The van der Waals surface area contributed by atoms with Gasteiger partial charge in [-0.3, -0.25) is 10.1 Å². The van der Waals surface area contributed by atoms with Crippen LogP contribution in [0.3, 0.4) is 0 Å². The quantitative estimate of drug-likeness (QED) is 0.534. The normalized spacial score (nSPS) is 12.5. The molecule has 166 valence electrons. The average molecular weight is 455 g/mol. The molecular formula is C23H22N2O6S. The van der Waals surface area contributed by atoms with E-state index in [4.69, 9.17) is 23.7 Å². The Kier molecular flexibility index (Phi) is 6.46. The molecule has 32 heavy (non-hydrogen) atoms. The molecule has 0 spiro atoms. The van der Waals surface area contributed by atoms with Gasteiger partial charge in [0.05, 0.1) is 27.0 Å². The number of aromatic nitrogens is 1. The molecule has 2 aromatic carbocycles. The summed E-state index contributed by atoms with van der Waals surface area (Å²) < 4.78 is 27.2. The van der Waals surface area contributed by atoms with E-state index < -0.39 is 0 Å². The van der Waals surface area contributed by atoms with E-state index in [-0.39, 0.29) is 5.91 Å². The summed E-state index contributed by atoms with van der Waals surface area (Å²) in [7, 11) is 4.62. The van der Waals surface area contributed by atoms with Gasteiger partial charge in [0.15, 0.2) is 28.1 Å². The number of hydrogen-bond acceptors (Lipinski definition) is 8. The first-order valence-corrected chi connectivity index (χ1v) is 10.6. The summed E-state index contributed by atoms with van der Waals surface area (Å²) in [5, 5.41) is 5.16. The van der Waals surface area contributed by atoms with Crippen LogP contribution < -0.4 is 29.0 Å². The highest BCUT2D eigenvalue weighted by molar-refractivity contribution is 7.14. The first kappa shape index (κ1) is 21.5. The van der Waals surface area contributed by atoms with Crippen molar-refractivity contribution in [2.45, 2.75) is 0 Å². The maximum Gasteiger partial charge on any atom is 0.250 e. The van der Waals surface area contributed by atoms with E-state index in [1.54, 1.807) is 32.4 Å². The van der Waals surface area contributed by atoms with Gasteiger partial charge >= 0.3 is 0 Å². The van der Waals surface area contributed by atoms with E-state index in [1.807, 2.05) is 23.6 Å². The lowest BCUT2D eigenvalue weighted by Gasteiger charge is -2.18. The number of fused-ring (bicyclic) bond motifs is 1. The van der Waals surface area contributed by atoms with E-state index >= 15 is 0 Å². The molecule has 0 radical (unpaired) electrons. The Bertz CT molecular complexity index is 1130. The largest absolute Gasteiger partial charge is 0.493 e. The van der Waals surface area contributed by atoms with Crippen LogP contribution in [0.5, 0.6) is 28.7 Å². The second-order valence-corrected chi connectivity index (χ2v) is 7.54. The van der Waals surface area contributed by atoms with Gasteiger partial charge in [-0.1, -0.05) is 0 Å². The molecule has 1 aliphatic rings. The van der Waals surface area contributed by atoms with Crippen LogP contribution in [0.1, 0.15) is 5.56 Å². The monoisotopic (exact) mass is 454 g/mol. The van der Waals surface area contributed by atoms with Crippen molar-refractivity contribution in [3.63, 3.8) is 0 Å². The van der Waals surface area contributed by atoms with Crippen molar-refractivity contribution in [3.05, 3.63) is 47.4 Å². The van der Waals surface area contributed by atoms with Crippen molar-refractivity contribution in [2.24, 2.45) is 0 Å². The zero-order valence-corrected chi connectivity index (χ0v) is 18.7. The number of carbonyl (C=O) groups is 1. The predicted octanol–water partition coefficient (Wildman–Crippen LogP) is 4.26. The summed E-state index contributed by atoms with van der Waals surface area (Å²) in [5.74, 6) is 2.63. The Balaban J connectivity index is 1.45. The summed E-state index contributed by atoms with van der Waals surface area (Å²) in [6.07, 6.45) is 3.08. The van der Waals surface area contributed by atoms with Crippen LogP contribution in [-0.4, -0.2) is 45.4 Å². The van der Waals surface area contributed by atoms with Crippen LogP contribution in [0.25, 0.3) is 17.3 Å². The van der Waals surface area contributed by atoms with E-state index in [2.05, 4.69) is 10.3 Å². The molecule has 4 rings (SSSR count). The fourth-order valence-corrected chi connectivity index (χ4v) is 3.91. The third-order valence-corrected chi connectivity index (χ3v) is 5.44. The fraction of sp³-hybridized carbons (Fsp3) is 0.217. The van der Waals surface area contributed by atoms with Gasteiger partial charge in [-0.15, -0.1) is 11.3 Å². The summed E-state index contributed by atoms with van der Waals surface area (Å²) >= 11 is 1.34. The zero-order valence-electron chi connectivity index (χ0n) is 17.8. The molecule has 0 unspecified atom stereocenters. The van der Waals surface area contributed by atoms with Crippen LogP contribution in [0.2, 0.25) is 0 Å². The minimum Gasteiger partial charge on any atom is -0.493 e. The van der Waals surface area contributed by atoms with Crippen molar-refractivity contribution in [3.8, 4) is 40.0 Å². The second kappa shape index (κ2) is 9.61. The van der Waals surface area contributed by atoms with Crippen LogP contribution in [0.4, 0.5) is 5.13 Å². The molecule has 1 amide bonds. The fourth-order valence-electron chi connectivity index (χ4n) is 3.18. The Labute approximate surface area is 189 Å². The Morgan fingerprint density at radius 3 is 2.44 bits per heavy atom. The van der Waals surface area contributed by atoms with Crippen molar-refractivity contribution >= 4 is 28.5 Å². The lowest BCUT2D eigenvalue weighted by Crippen LogP contribution is -2.15. The first-order valence-electron chi connectivity index (χ1n) is 9.76. The maximum atomic E-state index is 12.4. The van der Waals surface area contributed by atoms with Gasteiger partial charge < -0.3 is 23.7 Å². The topological polar surface area (TPSA) is 88.1 Å². The molecule has 8 nitrogen and oxygen atoms in total. The van der Waals surface area contributed by atoms with Gasteiger partial charge in [0, 0.05) is 17.0 Å². The molecule has 2 heterocycles.